The predicted octanol–water partition coefficient (Wildman–Crippen LogP) is 2.63. The van der Waals surface area contributed by atoms with Crippen molar-refractivity contribution in [3.05, 3.63) is 68.4 Å². The zero-order valence-corrected chi connectivity index (χ0v) is 24.9. The quantitative estimate of drug-likeness (QED) is 0.255. The van der Waals surface area contributed by atoms with Gasteiger partial charge in [0.25, 0.3) is 5.56 Å². The lowest BCUT2D eigenvalue weighted by atomic mass is 9.90. The van der Waals surface area contributed by atoms with Gasteiger partial charge in [-0.1, -0.05) is 11.3 Å². The van der Waals surface area contributed by atoms with E-state index in [1.165, 1.54) is 75.0 Å². The number of halogens is 1. The molecule has 4 heterocycles. The zero-order chi connectivity index (χ0) is 30.2. The number of amides is 1. The first kappa shape index (κ1) is 29.6. The number of rotatable bonds is 10. The lowest BCUT2D eigenvalue weighted by Crippen LogP contribution is -2.57. The molecule has 0 N–H and O–H groups in total. The minimum Gasteiger partial charge on any atom is -0.496 e. The molecule has 1 fully saturated rings. The number of carbonyl (C=O) groups excluding carboxylic acids is 1. The molecule has 14 heteroatoms. The van der Waals surface area contributed by atoms with Crippen LogP contribution in [0.15, 0.2) is 40.2 Å². The van der Waals surface area contributed by atoms with Gasteiger partial charge in [-0.05, 0) is 38.5 Å². The maximum absolute atomic E-state index is 14.5. The molecule has 0 saturated carbocycles. The Morgan fingerprint density at radius 2 is 1.88 bits per heavy atom. The number of aromatic nitrogens is 5. The molecular weight excluding hydrogens is 567 g/mol. The van der Waals surface area contributed by atoms with Gasteiger partial charge in [0.05, 0.1) is 50.2 Å². The molecule has 2 atom stereocenters. The van der Waals surface area contributed by atoms with E-state index in [0.29, 0.717) is 38.5 Å². The Kier molecular flexibility index (Phi) is 8.30. The van der Waals surface area contributed by atoms with Crippen molar-refractivity contribution in [1.29, 1.82) is 0 Å². The SMILES string of the molecule is COCCOC(Cn1c(=O)n(C2(C)CCC(=O)N(C)C2)c(=O)c2c(C)c(-n3nccn3)sc21)c1cc(F)ccc1OC. The molecule has 0 spiro atoms. The summed E-state index contributed by atoms with van der Waals surface area (Å²) in [6.07, 6.45) is 2.74. The molecule has 3 aromatic heterocycles. The van der Waals surface area contributed by atoms with Crippen molar-refractivity contribution in [2.24, 2.45) is 0 Å². The molecule has 1 saturated heterocycles. The highest BCUT2D eigenvalue weighted by molar-refractivity contribution is 7.21. The van der Waals surface area contributed by atoms with Crippen LogP contribution in [0.5, 0.6) is 5.75 Å². The van der Waals surface area contributed by atoms with Gasteiger partial charge in [0.2, 0.25) is 5.91 Å². The van der Waals surface area contributed by atoms with Crippen LogP contribution in [-0.2, 0) is 26.4 Å². The number of aryl methyl sites for hydroxylation is 1. The minimum absolute atomic E-state index is 0.0505. The lowest BCUT2D eigenvalue weighted by Gasteiger charge is -2.39. The summed E-state index contributed by atoms with van der Waals surface area (Å²) in [5, 5.41) is 9.40. The van der Waals surface area contributed by atoms with Gasteiger partial charge in [-0.25, -0.2) is 9.18 Å². The van der Waals surface area contributed by atoms with E-state index in [1.54, 1.807) is 14.0 Å². The van der Waals surface area contributed by atoms with Gasteiger partial charge in [-0.15, -0.1) is 4.80 Å². The van der Waals surface area contributed by atoms with Crippen LogP contribution in [-0.4, -0.2) is 76.0 Å². The first-order chi connectivity index (χ1) is 20.1. The second-order valence-electron chi connectivity index (χ2n) is 10.5. The number of fused-ring (bicyclic) bond motifs is 1. The van der Waals surface area contributed by atoms with Gasteiger partial charge >= 0.3 is 5.69 Å². The number of likely N-dealkylation sites (tertiary alicyclic amines) is 1. The summed E-state index contributed by atoms with van der Waals surface area (Å²) < 4.78 is 34.1. The maximum atomic E-state index is 14.5. The van der Waals surface area contributed by atoms with Gasteiger partial charge in [-0.3, -0.25) is 18.7 Å². The van der Waals surface area contributed by atoms with E-state index in [0.717, 1.165) is 0 Å². The van der Waals surface area contributed by atoms with Crippen LogP contribution < -0.4 is 16.0 Å². The third-order valence-electron chi connectivity index (χ3n) is 7.70. The van der Waals surface area contributed by atoms with Crippen LogP contribution in [0.3, 0.4) is 0 Å². The smallest absolute Gasteiger partial charge is 0.332 e. The summed E-state index contributed by atoms with van der Waals surface area (Å²) in [7, 11) is 4.67. The molecule has 0 bridgehead atoms. The van der Waals surface area contributed by atoms with Crippen molar-refractivity contribution in [3.8, 4) is 10.8 Å². The number of methoxy groups -OCH3 is 2. The molecule has 42 heavy (non-hydrogen) atoms. The third kappa shape index (κ3) is 5.25. The number of hydrogen-bond donors (Lipinski definition) is 0. The number of benzene rings is 1. The number of nitrogens with zero attached hydrogens (tertiary/aromatic N) is 6. The molecule has 1 aliphatic heterocycles. The summed E-state index contributed by atoms with van der Waals surface area (Å²) in [4.78, 5) is 44.3. The second-order valence-corrected chi connectivity index (χ2v) is 11.5. The lowest BCUT2D eigenvalue weighted by molar-refractivity contribution is -0.135. The summed E-state index contributed by atoms with van der Waals surface area (Å²) in [6.45, 7) is 4.16. The van der Waals surface area contributed by atoms with E-state index < -0.39 is 28.7 Å². The highest BCUT2D eigenvalue weighted by atomic mass is 32.1. The fourth-order valence-corrected chi connectivity index (χ4v) is 6.77. The second kappa shape index (κ2) is 11.8. The Morgan fingerprint density at radius 1 is 1.14 bits per heavy atom. The predicted molar refractivity (Wildman–Crippen MR) is 154 cm³/mol. The van der Waals surface area contributed by atoms with Gasteiger partial charge in [0.15, 0.2) is 0 Å². The zero-order valence-electron chi connectivity index (χ0n) is 24.1. The van der Waals surface area contributed by atoms with E-state index >= 15 is 0 Å². The normalized spacial score (nSPS) is 18.1. The van der Waals surface area contributed by atoms with Gasteiger partial charge in [0.1, 0.15) is 27.5 Å². The first-order valence-electron chi connectivity index (χ1n) is 13.4. The van der Waals surface area contributed by atoms with Crippen molar-refractivity contribution >= 4 is 27.5 Å². The molecule has 4 aromatic rings. The average Bonchev–Trinajstić information content (AvgIpc) is 3.60. The number of ether oxygens (including phenoxy) is 3. The Hall–Kier alpha value is -3.88. The minimum atomic E-state index is -0.964. The van der Waals surface area contributed by atoms with E-state index in [-0.39, 0.29) is 38.6 Å². The Bertz CT molecular complexity index is 1730. The first-order valence-corrected chi connectivity index (χ1v) is 14.3. The number of likely N-dealkylation sites (N-methyl/N-ethyl adjacent to an activating group) is 1. The Balaban J connectivity index is 1.76. The highest BCUT2D eigenvalue weighted by Gasteiger charge is 2.39. The van der Waals surface area contributed by atoms with E-state index in [9.17, 15) is 18.8 Å². The summed E-state index contributed by atoms with van der Waals surface area (Å²) in [6, 6.07) is 4.10. The van der Waals surface area contributed by atoms with Crippen molar-refractivity contribution < 1.29 is 23.4 Å². The van der Waals surface area contributed by atoms with E-state index in [4.69, 9.17) is 14.2 Å². The molecule has 0 aliphatic carbocycles. The number of thiophene rings is 1. The summed E-state index contributed by atoms with van der Waals surface area (Å²) in [5.74, 6) is -0.153. The van der Waals surface area contributed by atoms with Crippen LogP contribution in [0, 0.1) is 12.7 Å². The van der Waals surface area contributed by atoms with Crippen molar-refractivity contribution in [2.45, 2.75) is 44.9 Å². The number of piperidine rings is 1. The van der Waals surface area contributed by atoms with Gasteiger partial charge in [0, 0.05) is 38.2 Å². The molecule has 1 amide bonds. The number of hydrogen-bond acceptors (Lipinski definition) is 9. The van der Waals surface area contributed by atoms with Crippen molar-refractivity contribution in [1.82, 2.24) is 29.0 Å². The largest absolute Gasteiger partial charge is 0.496 e. The van der Waals surface area contributed by atoms with Crippen LogP contribution in [0.25, 0.3) is 15.2 Å². The number of carbonyl (C=O) groups is 1. The van der Waals surface area contributed by atoms with Gasteiger partial charge in [-0.2, -0.15) is 10.2 Å². The fourth-order valence-electron chi connectivity index (χ4n) is 5.55. The van der Waals surface area contributed by atoms with Crippen LogP contribution in [0.1, 0.15) is 37.0 Å². The molecule has 1 aliphatic rings. The fraction of sp³-hybridized carbons (Fsp3) is 0.464. The molecule has 224 valence electrons. The van der Waals surface area contributed by atoms with Crippen LogP contribution in [0.2, 0.25) is 0 Å². The Labute approximate surface area is 244 Å². The third-order valence-corrected chi connectivity index (χ3v) is 8.98. The van der Waals surface area contributed by atoms with Gasteiger partial charge < -0.3 is 19.1 Å². The van der Waals surface area contributed by atoms with Crippen LogP contribution >= 0.6 is 11.3 Å². The van der Waals surface area contributed by atoms with Crippen LogP contribution in [0.4, 0.5) is 4.39 Å². The monoisotopic (exact) mass is 600 g/mol. The molecule has 5 rings (SSSR count). The maximum Gasteiger partial charge on any atom is 0.332 e. The molecular formula is C28H33FN6O6S. The molecule has 0 radical (unpaired) electrons. The standard InChI is InChI=1S/C28H33FN6O6S/c1-17-23-24(37)34(28(2)9-8-22(36)32(3)16-28)27(38)33(26(23)42-25(17)35-30-10-11-31-35)15-21(41-13-12-39-4)19-14-18(29)6-7-20(19)40-5/h6-7,10-11,14,21H,8-9,12-13,15-16H2,1-5H3. The topological polar surface area (TPSA) is 123 Å². The Morgan fingerprint density at radius 3 is 2.55 bits per heavy atom. The van der Waals surface area contributed by atoms with Crippen molar-refractivity contribution in [3.63, 3.8) is 0 Å². The summed E-state index contributed by atoms with van der Waals surface area (Å²) in [5.41, 5.74) is -0.960. The van der Waals surface area contributed by atoms with Crippen molar-refractivity contribution in [2.75, 3.05) is 41.0 Å². The average molecular weight is 601 g/mol. The van der Waals surface area contributed by atoms with E-state index in [2.05, 4.69) is 10.2 Å². The van der Waals surface area contributed by atoms with E-state index in [1.807, 2.05) is 6.92 Å². The highest BCUT2D eigenvalue weighted by Crippen LogP contribution is 2.35. The summed E-state index contributed by atoms with van der Waals surface area (Å²) >= 11 is 1.21. The molecule has 1 aromatic carbocycles. The molecule has 12 nitrogen and oxygen atoms in total. The molecule has 2 unspecified atom stereocenters.